The first kappa shape index (κ1) is 16.4. The van der Waals surface area contributed by atoms with E-state index in [0.717, 1.165) is 19.3 Å². The summed E-state index contributed by atoms with van der Waals surface area (Å²) < 4.78 is 0. The lowest BCUT2D eigenvalue weighted by atomic mass is 10.1. The second-order valence-corrected chi connectivity index (χ2v) is 5.26. The van der Waals surface area contributed by atoms with E-state index in [4.69, 9.17) is 0 Å². The zero-order valence-corrected chi connectivity index (χ0v) is 13.2. The van der Waals surface area contributed by atoms with Crippen LogP contribution in [0, 0.1) is 0 Å². The van der Waals surface area contributed by atoms with Crippen molar-refractivity contribution < 1.29 is 4.79 Å². The van der Waals surface area contributed by atoms with Crippen LogP contribution in [-0.4, -0.2) is 29.0 Å². The van der Waals surface area contributed by atoms with Gasteiger partial charge in [-0.05, 0) is 12.8 Å². The molecule has 0 fully saturated rings. The summed E-state index contributed by atoms with van der Waals surface area (Å²) in [5, 5.41) is 6.04. The van der Waals surface area contributed by atoms with Crippen LogP contribution in [0.15, 0.2) is 6.20 Å². The molecule has 0 saturated carbocycles. The van der Waals surface area contributed by atoms with Crippen LogP contribution in [0.5, 0.6) is 0 Å². The van der Waals surface area contributed by atoms with Crippen molar-refractivity contribution in [1.29, 1.82) is 0 Å². The van der Waals surface area contributed by atoms with E-state index >= 15 is 0 Å². The molecule has 20 heavy (non-hydrogen) atoms. The highest BCUT2D eigenvalue weighted by Gasteiger charge is 2.18. The van der Waals surface area contributed by atoms with E-state index in [9.17, 15) is 4.79 Å². The fourth-order valence-electron chi connectivity index (χ4n) is 2.01. The fourth-order valence-corrected chi connectivity index (χ4v) is 2.01. The zero-order chi connectivity index (χ0) is 15.1. The molecule has 0 aliphatic heterocycles. The van der Waals surface area contributed by atoms with Gasteiger partial charge in [0.25, 0.3) is 5.91 Å². The molecule has 0 spiro atoms. The van der Waals surface area contributed by atoms with Gasteiger partial charge in [-0.2, -0.15) is 0 Å². The second-order valence-electron chi connectivity index (χ2n) is 5.26. The van der Waals surface area contributed by atoms with Crippen molar-refractivity contribution in [3.63, 3.8) is 0 Å². The molecule has 0 aliphatic rings. The SMILES string of the molecule is CCCC(CC)NC(=O)c1nc(C(C)C)ncc1NC. The van der Waals surface area contributed by atoms with Gasteiger partial charge in [0.05, 0.1) is 11.9 Å². The molecule has 1 aromatic rings. The summed E-state index contributed by atoms with van der Waals surface area (Å²) in [5.41, 5.74) is 1.10. The van der Waals surface area contributed by atoms with E-state index in [-0.39, 0.29) is 17.9 Å². The molecule has 1 heterocycles. The average molecular weight is 278 g/mol. The first-order valence-corrected chi connectivity index (χ1v) is 7.38. The third-order valence-corrected chi connectivity index (χ3v) is 3.27. The smallest absolute Gasteiger partial charge is 0.272 e. The van der Waals surface area contributed by atoms with E-state index in [1.165, 1.54) is 0 Å². The fraction of sp³-hybridized carbons (Fsp3) is 0.667. The maximum absolute atomic E-state index is 12.4. The van der Waals surface area contributed by atoms with Gasteiger partial charge in [-0.25, -0.2) is 9.97 Å². The van der Waals surface area contributed by atoms with Gasteiger partial charge >= 0.3 is 0 Å². The van der Waals surface area contributed by atoms with Gasteiger partial charge < -0.3 is 10.6 Å². The monoisotopic (exact) mass is 278 g/mol. The van der Waals surface area contributed by atoms with E-state index < -0.39 is 0 Å². The van der Waals surface area contributed by atoms with Crippen LogP contribution in [0.1, 0.15) is 69.2 Å². The van der Waals surface area contributed by atoms with Crippen LogP contribution in [-0.2, 0) is 0 Å². The van der Waals surface area contributed by atoms with E-state index in [0.29, 0.717) is 17.2 Å². The molecule has 112 valence electrons. The van der Waals surface area contributed by atoms with Crippen molar-refractivity contribution in [1.82, 2.24) is 15.3 Å². The van der Waals surface area contributed by atoms with Gasteiger partial charge in [-0.3, -0.25) is 4.79 Å². The minimum atomic E-state index is -0.126. The Kier molecular flexibility index (Phi) is 6.42. The van der Waals surface area contributed by atoms with Crippen molar-refractivity contribution in [3.8, 4) is 0 Å². The number of carbonyl (C=O) groups is 1. The number of anilines is 1. The molecule has 1 amide bonds. The number of hydrogen-bond donors (Lipinski definition) is 2. The Hall–Kier alpha value is -1.65. The lowest BCUT2D eigenvalue weighted by Crippen LogP contribution is -2.35. The molecule has 0 bridgehead atoms. The standard InChI is InChI=1S/C15H26N4O/c1-6-8-11(7-2)18-15(20)13-12(16-5)9-17-14(19-13)10(3)4/h9-11,16H,6-8H2,1-5H3,(H,18,20). The molecule has 5 nitrogen and oxygen atoms in total. The molecule has 2 N–H and O–H groups in total. The van der Waals surface area contributed by atoms with E-state index in [1.54, 1.807) is 13.2 Å². The normalized spacial score (nSPS) is 12.3. The molecule has 1 atom stereocenters. The summed E-state index contributed by atoms with van der Waals surface area (Å²) in [6.07, 6.45) is 4.65. The Morgan fingerprint density at radius 2 is 2.05 bits per heavy atom. The third kappa shape index (κ3) is 4.18. The summed E-state index contributed by atoms with van der Waals surface area (Å²) in [4.78, 5) is 21.1. The number of nitrogens with one attached hydrogen (secondary N) is 2. The molecule has 1 rings (SSSR count). The predicted molar refractivity (Wildman–Crippen MR) is 82.1 cm³/mol. The predicted octanol–water partition coefficient (Wildman–Crippen LogP) is 2.95. The summed E-state index contributed by atoms with van der Waals surface area (Å²) in [6, 6.07) is 0.203. The van der Waals surface area contributed by atoms with Gasteiger partial charge in [-0.15, -0.1) is 0 Å². The molecule has 0 aromatic carbocycles. The highest BCUT2D eigenvalue weighted by atomic mass is 16.2. The van der Waals surface area contributed by atoms with Gasteiger partial charge in [0.15, 0.2) is 5.69 Å². The minimum absolute atomic E-state index is 0.126. The van der Waals surface area contributed by atoms with Crippen molar-refractivity contribution >= 4 is 11.6 Å². The molecule has 0 radical (unpaired) electrons. The van der Waals surface area contributed by atoms with Crippen molar-refractivity contribution in [2.24, 2.45) is 0 Å². The van der Waals surface area contributed by atoms with Crippen LogP contribution < -0.4 is 10.6 Å². The number of carbonyl (C=O) groups excluding carboxylic acids is 1. The molecular weight excluding hydrogens is 252 g/mol. The Morgan fingerprint density at radius 3 is 2.55 bits per heavy atom. The number of aromatic nitrogens is 2. The van der Waals surface area contributed by atoms with Crippen LogP contribution in [0.25, 0.3) is 0 Å². The maximum Gasteiger partial charge on any atom is 0.272 e. The second kappa shape index (κ2) is 7.82. The Labute approximate surface area is 121 Å². The van der Waals surface area contributed by atoms with Gasteiger partial charge in [0.1, 0.15) is 5.82 Å². The molecule has 0 aliphatic carbocycles. The largest absolute Gasteiger partial charge is 0.385 e. The molecule has 5 heteroatoms. The van der Waals surface area contributed by atoms with Crippen LogP contribution in [0.4, 0.5) is 5.69 Å². The lowest BCUT2D eigenvalue weighted by molar-refractivity contribution is 0.0929. The van der Waals surface area contributed by atoms with Crippen molar-refractivity contribution in [3.05, 3.63) is 17.7 Å². The summed E-state index contributed by atoms with van der Waals surface area (Å²) in [7, 11) is 1.77. The maximum atomic E-state index is 12.4. The number of amides is 1. The average Bonchev–Trinajstić information content (AvgIpc) is 2.45. The highest BCUT2D eigenvalue weighted by molar-refractivity contribution is 5.97. The topological polar surface area (TPSA) is 66.9 Å². The van der Waals surface area contributed by atoms with Gasteiger partial charge in [-0.1, -0.05) is 34.1 Å². The first-order chi connectivity index (χ1) is 9.53. The van der Waals surface area contributed by atoms with Crippen molar-refractivity contribution in [2.45, 2.75) is 58.9 Å². The van der Waals surface area contributed by atoms with Gasteiger partial charge in [0.2, 0.25) is 0 Å². The molecule has 1 aromatic heterocycles. The zero-order valence-electron chi connectivity index (χ0n) is 13.2. The van der Waals surface area contributed by atoms with E-state index in [2.05, 4.69) is 34.4 Å². The van der Waals surface area contributed by atoms with Crippen LogP contribution >= 0.6 is 0 Å². The minimum Gasteiger partial charge on any atom is -0.385 e. The molecule has 0 saturated heterocycles. The Balaban J connectivity index is 2.97. The van der Waals surface area contributed by atoms with Gasteiger partial charge in [0, 0.05) is 19.0 Å². The Bertz CT molecular complexity index is 445. The highest BCUT2D eigenvalue weighted by Crippen LogP contribution is 2.16. The summed E-state index contributed by atoms with van der Waals surface area (Å²) in [5.74, 6) is 0.765. The lowest BCUT2D eigenvalue weighted by Gasteiger charge is -2.17. The summed E-state index contributed by atoms with van der Waals surface area (Å²) >= 11 is 0. The number of nitrogens with zero attached hydrogens (tertiary/aromatic N) is 2. The van der Waals surface area contributed by atoms with Crippen LogP contribution in [0.2, 0.25) is 0 Å². The quantitative estimate of drug-likeness (QED) is 0.804. The van der Waals surface area contributed by atoms with E-state index in [1.807, 2.05) is 13.8 Å². The van der Waals surface area contributed by atoms with Crippen LogP contribution in [0.3, 0.4) is 0 Å². The molecular formula is C15H26N4O. The summed E-state index contributed by atoms with van der Waals surface area (Å²) in [6.45, 7) is 8.23. The number of hydrogen-bond acceptors (Lipinski definition) is 4. The molecule has 1 unspecified atom stereocenters. The van der Waals surface area contributed by atoms with Crippen molar-refractivity contribution in [2.75, 3.05) is 12.4 Å². The Morgan fingerprint density at radius 1 is 1.35 bits per heavy atom. The third-order valence-electron chi connectivity index (χ3n) is 3.27. The first-order valence-electron chi connectivity index (χ1n) is 7.38. The number of rotatable bonds is 7.